The van der Waals surface area contributed by atoms with Crippen LogP contribution in [0.2, 0.25) is 0 Å². The summed E-state index contributed by atoms with van der Waals surface area (Å²) in [6.07, 6.45) is -0.727. The van der Waals surface area contributed by atoms with E-state index in [1.54, 1.807) is 49.4 Å². The number of aromatic amines is 1. The zero-order valence-corrected chi connectivity index (χ0v) is 15.8. The minimum atomic E-state index is -0.729. The summed E-state index contributed by atoms with van der Waals surface area (Å²) in [5.74, 6) is 0.164. The van der Waals surface area contributed by atoms with Crippen LogP contribution in [-0.2, 0) is 14.3 Å². The zero-order valence-electron chi connectivity index (χ0n) is 15.8. The van der Waals surface area contributed by atoms with Gasteiger partial charge in [-0.15, -0.1) is 0 Å². The smallest absolute Gasteiger partial charge is 0.308 e. The lowest BCUT2D eigenvalue weighted by molar-refractivity contribution is -0.148. The second kappa shape index (κ2) is 7.75. The van der Waals surface area contributed by atoms with Crippen LogP contribution in [-0.4, -0.2) is 35.0 Å². The van der Waals surface area contributed by atoms with Crippen LogP contribution in [0.15, 0.2) is 53.3 Å². The summed E-state index contributed by atoms with van der Waals surface area (Å²) in [7, 11) is 0. The zero-order chi connectivity index (χ0) is 20.4. The predicted octanol–water partition coefficient (Wildman–Crippen LogP) is 2.34. The van der Waals surface area contributed by atoms with Gasteiger partial charge in [-0.2, -0.15) is 0 Å². The molecule has 2 heterocycles. The highest BCUT2D eigenvalue weighted by Gasteiger charge is 2.26. The second-order valence-electron chi connectivity index (χ2n) is 6.65. The lowest BCUT2D eigenvalue weighted by Gasteiger charge is -2.29. The standard InChI is InChI=1S/C21H19N3O5/c1-13(20-22-15-7-3-2-6-14(15)21(27)23-20)29-19(26)10-11-24-16-8-4-5-9-17(16)28-12-18(24)25/h2-9,13H,10-12H2,1H3,(H,22,23,27)/t13-/m1/s1. The fourth-order valence-corrected chi connectivity index (χ4v) is 3.21. The van der Waals surface area contributed by atoms with Gasteiger partial charge in [0.25, 0.3) is 11.5 Å². The normalized spacial score (nSPS) is 14.2. The van der Waals surface area contributed by atoms with Crippen LogP contribution in [0.25, 0.3) is 10.9 Å². The number of nitrogens with zero attached hydrogens (tertiary/aromatic N) is 2. The van der Waals surface area contributed by atoms with Crippen molar-refractivity contribution in [1.82, 2.24) is 9.97 Å². The molecule has 0 radical (unpaired) electrons. The summed E-state index contributed by atoms with van der Waals surface area (Å²) in [5, 5.41) is 0.472. The van der Waals surface area contributed by atoms with Gasteiger partial charge in [0.15, 0.2) is 18.5 Å². The number of para-hydroxylation sites is 3. The Morgan fingerprint density at radius 2 is 1.97 bits per heavy atom. The Hall–Kier alpha value is -3.68. The maximum absolute atomic E-state index is 12.3. The molecule has 1 atom stereocenters. The van der Waals surface area contributed by atoms with Crippen LogP contribution in [0.1, 0.15) is 25.3 Å². The molecule has 0 fully saturated rings. The summed E-state index contributed by atoms with van der Waals surface area (Å²) in [6, 6.07) is 14.1. The number of fused-ring (bicyclic) bond motifs is 2. The monoisotopic (exact) mass is 393 g/mol. The summed E-state index contributed by atoms with van der Waals surface area (Å²) in [5.41, 5.74) is 0.874. The van der Waals surface area contributed by atoms with Crippen molar-refractivity contribution in [3.8, 4) is 5.75 Å². The fraction of sp³-hybridized carbons (Fsp3) is 0.238. The van der Waals surface area contributed by atoms with E-state index in [4.69, 9.17) is 9.47 Å². The van der Waals surface area contributed by atoms with E-state index in [-0.39, 0.29) is 36.9 Å². The quantitative estimate of drug-likeness (QED) is 0.668. The number of carbonyl (C=O) groups excluding carboxylic acids is 2. The molecule has 1 aliphatic rings. The number of carbonyl (C=O) groups is 2. The molecule has 1 amide bonds. The first kappa shape index (κ1) is 18.7. The number of esters is 1. The van der Waals surface area contributed by atoms with Crippen LogP contribution in [0.4, 0.5) is 5.69 Å². The molecule has 4 rings (SSSR count). The van der Waals surface area contributed by atoms with Crippen molar-refractivity contribution >= 4 is 28.5 Å². The molecule has 0 saturated heterocycles. The Bertz CT molecular complexity index is 1140. The Labute approximate surface area is 166 Å². The highest BCUT2D eigenvalue weighted by Crippen LogP contribution is 2.31. The average Bonchev–Trinajstić information content (AvgIpc) is 2.73. The van der Waals surface area contributed by atoms with Crippen LogP contribution in [0.5, 0.6) is 5.75 Å². The van der Waals surface area contributed by atoms with E-state index < -0.39 is 12.1 Å². The summed E-state index contributed by atoms with van der Waals surface area (Å²) in [4.78, 5) is 45.2. The van der Waals surface area contributed by atoms with E-state index >= 15 is 0 Å². The van der Waals surface area contributed by atoms with E-state index in [1.165, 1.54) is 4.90 Å². The molecule has 1 aliphatic heterocycles. The number of rotatable bonds is 5. The van der Waals surface area contributed by atoms with Crippen LogP contribution < -0.4 is 15.2 Å². The highest BCUT2D eigenvalue weighted by atomic mass is 16.5. The van der Waals surface area contributed by atoms with E-state index in [2.05, 4.69) is 9.97 Å². The van der Waals surface area contributed by atoms with Crippen molar-refractivity contribution in [2.24, 2.45) is 0 Å². The molecule has 0 unspecified atom stereocenters. The Morgan fingerprint density at radius 1 is 1.21 bits per heavy atom. The highest BCUT2D eigenvalue weighted by molar-refractivity contribution is 5.98. The molecule has 0 spiro atoms. The SMILES string of the molecule is C[C@@H](OC(=O)CCN1C(=O)COc2ccccc21)c1nc2ccccc2c(=O)[nH]1. The number of nitrogens with one attached hydrogen (secondary N) is 1. The van der Waals surface area contributed by atoms with Gasteiger partial charge in [0.05, 0.1) is 23.0 Å². The Morgan fingerprint density at radius 3 is 2.83 bits per heavy atom. The number of hydrogen-bond donors (Lipinski definition) is 1. The van der Waals surface area contributed by atoms with Gasteiger partial charge >= 0.3 is 5.97 Å². The van der Waals surface area contributed by atoms with Crippen LogP contribution >= 0.6 is 0 Å². The van der Waals surface area contributed by atoms with E-state index in [1.807, 2.05) is 6.07 Å². The molecule has 148 valence electrons. The number of amides is 1. The number of ether oxygens (including phenoxy) is 2. The third-order valence-corrected chi connectivity index (χ3v) is 4.67. The largest absolute Gasteiger partial charge is 0.482 e. The third kappa shape index (κ3) is 3.82. The van der Waals surface area contributed by atoms with Crippen molar-refractivity contribution in [3.63, 3.8) is 0 Å². The minimum absolute atomic E-state index is 0.00221. The van der Waals surface area contributed by atoms with Crippen molar-refractivity contribution in [1.29, 1.82) is 0 Å². The first-order chi connectivity index (χ1) is 14.0. The first-order valence-electron chi connectivity index (χ1n) is 9.23. The lowest BCUT2D eigenvalue weighted by Crippen LogP contribution is -2.40. The van der Waals surface area contributed by atoms with Gasteiger partial charge in [-0.3, -0.25) is 14.4 Å². The summed E-state index contributed by atoms with van der Waals surface area (Å²) < 4.78 is 10.8. The molecule has 2 aromatic carbocycles. The Balaban J connectivity index is 1.43. The van der Waals surface area contributed by atoms with Gasteiger partial charge in [-0.25, -0.2) is 4.98 Å². The van der Waals surface area contributed by atoms with Gasteiger partial charge in [0, 0.05) is 6.54 Å². The van der Waals surface area contributed by atoms with Crippen LogP contribution in [0.3, 0.4) is 0 Å². The summed E-state index contributed by atoms with van der Waals surface area (Å²) >= 11 is 0. The first-order valence-corrected chi connectivity index (χ1v) is 9.23. The number of H-pyrrole nitrogens is 1. The maximum atomic E-state index is 12.3. The van der Waals surface area contributed by atoms with E-state index in [0.29, 0.717) is 22.3 Å². The predicted molar refractivity (Wildman–Crippen MR) is 106 cm³/mol. The molecule has 8 nitrogen and oxygen atoms in total. The number of benzene rings is 2. The number of anilines is 1. The molecule has 3 aromatic rings. The molecule has 1 aromatic heterocycles. The van der Waals surface area contributed by atoms with Crippen molar-refractivity contribution < 1.29 is 19.1 Å². The van der Waals surface area contributed by atoms with Gasteiger partial charge in [-0.1, -0.05) is 24.3 Å². The summed E-state index contributed by atoms with van der Waals surface area (Å²) in [6.45, 7) is 1.75. The topological polar surface area (TPSA) is 102 Å². The molecule has 0 aliphatic carbocycles. The van der Waals surface area contributed by atoms with Gasteiger partial charge in [0.1, 0.15) is 5.75 Å². The molecule has 1 N–H and O–H groups in total. The molecular weight excluding hydrogens is 374 g/mol. The molecular formula is C21H19N3O5. The lowest BCUT2D eigenvalue weighted by atomic mass is 10.2. The van der Waals surface area contributed by atoms with Crippen molar-refractivity contribution in [2.75, 3.05) is 18.1 Å². The molecule has 8 heteroatoms. The number of aromatic nitrogens is 2. The third-order valence-electron chi connectivity index (χ3n) is 4.67. The molecule has 0 saturated carbocycles. The minimum Gasteiger partial charge on any atom is -0.482 e. The van der Waals surface area contributed by atoms with Crippen molar-refractivity contribution in [2.45, 2.75) is 19.4 Å². The number of hydrogen-bond acceptors (Lipinski definition) is 6. The maximum Gasteiger partial charge on any atom is 0.308 e. The molecule has 29 heavy (non-hydrogen) atoms. The second-order valence-corrected chi connectivity index (χ2v) is 6.65. The van der Waals surface area contributed by atoms with E-state index in [9.17, 15) is 14.4 Å². The average molecular weight is 393 g/mol. The Kier molecular flexibility index (Phi) is 4.99. The van der Waals surface area contributed by atoms with Crippen LogP contribution in [0, 0.1) is 0 Å². The van der Waals surface area contributed by atoms with Gasteiger partial charge in [0.2, 0.25) is 0 Å². The fourth-order valence-electron chi connectivity index (χ4n) is 3.21. The molecule has 0 bridgehead atoms. The van der Waals surface area contributed by atoms with Gasteiger partial charge in [-0.05, 0) is 31.2 Å². The van der Waals surface area contributed by atoms with Gasteiger partial charge < -0.3 is 19.4 Å². The van der Waals surface area contributed by atoms with E-state index in [0.717, 1.165) is 0 Å². The van der Waals surface area contributed by atoms with Crippen molar-refractivity contribution in [3.05, 3.63) is 64.7 Å².